The molecular formula is C21H22F2O3. The van der Waals surface area contributed by atoms with E-state index in [4.69, 9.17) is 9.84 Å². The van der Waals surface area contributed by atoms with E-state index in [1.165, 1.54) is 12.1 Å². The lowest BCUT2D eigenvalue weighted by Gasteiger charge is -2.22. The fourth-order valence-electron chi connectivity index (χ4n) is 3.33. The first-order chi connectivity index (χ1) is 12.5. The molecule has 0 fully saturated rings. The third kappa shape index (κ3) is 3.93. The summed E-state index contributed by atoms with van der Waals surface area (Å²) in [7, 11) is 0. The maximum Gasteiger partial charge on any atom is 0.338 e. The molecule has 0 aliphatic carbocycles. The Balaban J connectivity index is 1.57. The van der Waals surface area contributed by atoms with Gasteiger partial charge in [0.2, 0.25) is 0 Å². The van der Waals surface area contributed by atoms with Crippen molar-refractivity contribution in [1.82, 2.24) is 0 Å². The fourth-order valence-corrected chi connectivity index (χ4v) is 3.33. The Bertz CT molecular complexity index is 817. The second-order valence-electron chi connectivity index (χ2n) is 6.79. The Hall–Kier alpha value is -2.27. The largest absolute Gasteiger partial charge is 0.459 e. The average Bonchev–Trinajstić information content (AvgIpc) is 2.62. The summed E-state index contributed by atoms with van der Waals surface area (Å²) in [5.74, 6) is -2.11. The molecule has 1 N–H and O–H groups in total. The van der Waals surface area contributed by atoms with Crippen LogP contribution in [0.3, 0.4) is 0 Å². The van der Waals surface area contributed by atoms with E-state index in [0.29, 0.717) is 24.0 Å². The molecule has 2 aromatic rings. The number of aliphatic hydroxyl groups excluding tert-OH is 1. The number of carbonyl (C=O) groups is 1. The van der Waals surface area contributed by atoms with E-state index >= 15 is 0 Å². The van der Waals surface area contributed by atoms with Crippen LogP contribution in [0.4, 0.5) is 8.78 Å². The highest BCUT2D eigenvalue weighted by molar-refractivity contribution is 5.92. The first-order valence-electron chi connectivity index (χ1n) is 8.89. The van der Waals surface area contributed by atoms with Crippen LogP contribution in [0.5, 0.6) is 0 Å². The fraction of sp³-hybridized carbons (Fsp3) is 0.381. The third-order valence-corrected chi connectivity index (χ3v) is 4.78. The number of cyclic esters (lactones) is 1. The number of carbonyl (C=O) groups excluding carboxylic acids is 1. The number of unbranched alkanes of at least 4 members (excludes halogenated alkanes) is 1. The summed E-state index contributed by atoms with van der Waals surface area (Å²) in [6.07, 6.45) is 3.33. The number of hydrogen-bond donors (Lipinski definition) is 1. The minimum atomic E-state index is -0.965. The van der Waals surface area contributed by atoms with Crippen LogP contribution in [0.1, 0.15) is 52.4 Å². The minimum Gasteiger partial charge on any atom is -0.459 e. The number of ether oxygens (including phenoxy) is 1. The van der Waals surface area contributed by atoms with Gasteiger partial charge in [0.25, 0.3) is 0 Å². The van der Waals surface area contributed by atoms with E-state index < -0.39 is 18.2 Å². The lowest BCUT2D eigenvalue weighted by Crippen LogP contribution is -2.25. The first-order valence-corrected chi connectivity index (χ1v) is 8.89. The summed E-state index contributed by atoms with van der Waals surface area (Å²) in [5, 5.41) is 8.95. The predicted octanol–water partition coefficient (Wildman–Crippen LogP) is 4.12. The van der Waals surface area contributed by atoms with E-state index in [0.717, 1.165) is 30.4 Å². The van der Waals surface area contributed by atoms with Gasteiger partial charge in [0.1, 0.15) is 6.10 Å². The Kier molecular flexibility index (Phi) is 5.67. The molecule has 2 aromatic carbocycles. The summed E-state index contributed by atoms with van der Waals surface area (Å²) >= 11 is 0. The van der Waals surface area contributed by atoms with Crippen molar-refractivity contribution in [2.75, 3.05) is 0 Å². The molecule has 0 aromatic heterocycles. The highest BCUT2D eigenvalue weighted by Gasteiger charge is 2.23. The molecule has 0 bridgehead atoms. The Morgan fingerprint density at radius 1 is 1.08 bits per heavy atom. The third-order valence-electron chi connectivity index (χ3n) is 4.78. The molecule has 138 valence electrons. The number of benzene rings is 2. The zero-order valence-corrected chi connectivity index (χ0v) is 14.7. The van der Waals surface area contributed by atoms with Gasteiger partial charge in [-0.05, 0) is 55.4 Å². The summed E-state index contributed by atoms with van der Waals surface area (Å²) in [6.45, 7) is 1.37. The van der Waals surface area contributed by atoms with Crippen molar-refractivity contribution in [3.05, 3.63) is 69.8 Å². The molecule has 0 radical (unpaired) electrons. The maximum absolute atomic E-state index is 13.9. The first kappa shape index (κ1) is 18.5. The number of aryl methyl sites for hydroxylation is 2. The van der Waals surface area contributed by atoms with Crippen LogP contribution in [-0.2, 0) is 30.6 Å². The molecule has 1 atom stereocenters. The van der Waals surface area contributed by atoms with Gasteiger partial charge in [0.15, 0.2) is 11.6 Å². The van der Waals surface area contributed by atoms with Crippen LogP contribution in [0.15, 0.2) is 30.3 Å². The summed E-state index contributed by atoms with van der Waals surface area (Å²) in [4.78, 5) is 12.0. The van der Waals surface area contributed by atoms with E-state index in [-0.39, 0.29) is 17.6 Å². The van der Waals surface area contributed by atoms with Crippen LogP contribution in [-0.4, -0.2) is 17.2 Å². The number of rotatable bonds is 6. The van der Waals surface area contributed by atoms with Crippen molar-refractivity contribution >= 4 is 5.97 Å². The van der Waals surface area contributed by atoms with E-state index in [9.17, 15) is 13.6 Å². The highest BCUT2D eigenvalue weighted by atomic mass is 19.2. The van der Waals surface area contributed by atoms with E-state index in [1.807, 2.05) is 25.1 Å². The maximum atomic E-state index is 13.9. The summed E-state index contributed by atoms with van der Waals surface area (Å²) in [6, 6.07) is 8.81. The van der Waals surface area contributed by atoms with Crippen LogP contribution >= 0.6 is 0 Å². The van der Waals surface area contributed by atoms with Crippen molar-refractivity contribution in [1.29, 1.82) is 0 Å². The molecule has 1 heterocycles. The van der Waals surface area contributed by atoms with Crippen molar-refractivity contribution in [3.8, 4) is 0 Å². The van der Waals surface area contributed by atoms with Gasteiger partial charge in [-0.15, -0.1) is 0 Å². The number of fused-ring (bicyclic) bond motifs is 1. The average molecular weight is 360 g/mol. The molecule has 1 aliphatic rings. The lowest BCUT2D eigenvalue weighted by atomic mass is 9.95. The summed E-state index contributed by atoms with van der Waals surface area (Å²) in [5.41, 5.74) is 2.98. The lowest BCUT2D eigenvalue weighted by molar-refractivity contribution is 0.0301. The second-order valence-corrected chi connectivity index (χ2v) is 6.79. The second kappa shape index (κ2) is 7.96. The SMILES string of the molecule is CC1Cc2ccc(CCCCc3ccc(CO)c(F)c3F)cc2C(=O)O1. The number of aliphatic hydroxyl groups is 1. The zero-order valence-electron chi connectivity index (χ0n) is 14.7. The predicted molar refractivity (Wildman–Crippen MR) is 93.9 cm³/mol. The monoisotopic (exact) mass is 360 g/mol. The number of hydrogen-bond acceptors (Lipinski definition) is 3. The van der Waals surface area contributed by atoms with Gasteiger partial charge in [-0.25, -0.2) is 13.6 Å². The molecule has 5 heteroatoms. The topological polar surface area (TPSA) is 46.5 Å². The quantitative estimate of drug-likeness (QED) is 0.623. The van der Waals surface area contributed by atoms with E-state index in [2.05, 4.69) is 0 Å². The molecule has 1 unspecified atom stereocenters. The standard InChI is InChI=1S/C21H22F2O3/c1-13-10-16-7-6-14(11-18(16)21(25)26-13)4-2-3-5-15-8-9-17(12-24)20(23)19(15)22/h6-9,11,13,24H,2-5,10,12H2,1H3. The zero-order chi connectivity index (χ0) is 18.7. The Morgan fingerprint density at radius 3 is 2.54 bits per heavy atom. The Labute approximate surface area is 151 Å². The normalized spacial score (nSPS) is 16.3. The highest BCUT2D eigenvalue weighted by Crippen LogP contribution is 2.23. The molecular weight excluding hydrogens is 338 g/mol. The van der Waals surface area contributed by atoms with Crippen molar-refractivity contribution in [2.45, 2.75) is 51.7 Å². The minimum absolute atomic E-state index is 0.0264. The van der Waals surface area contributed by atoms with E-state index in [1.54, 1.807) is 0 Å². The van der Waals surface area contributed by atoms with Crippen molar-refractivity contribution in [2.24, 2.45) is 0 Å². The molecule has 0 saturated heterocycles. The van der Waals surface area contributed by atoms with Crippen molar-refractivity contribution < 1.29 is 23.4 Å². The molecule has 3 rings (SSSR count). The molecule has 3 nitrogen and oxygen atoms in total. The molecule has 1 aliphatic heterocycles. The molecule has 26 heavy (non-hydrogen) atoms. The van der Waals surface area contributed by atoms with Gasteiger partial charge in [-0.3, -0.25) is 0 Å². The molecule has 0 spiro atoms. The van der Waals surface area contributed by atoms with Crippen LogP contribution in [0.2, 0.25) is 0 Å². The van der Waals surface area contributed by atoms with Crippen molar-refractivity contribution in [3.63, 3.8) is 0 Å². The summed E-state index contributed by atoms with van der Waals surface area (Å²) < 4.78 is 32.9. The van der Waals surface area contributed by atoms with Crippen LogP contribution in [0, 0.1) is 11.6 Å². The van der Waals surface area contributed by atoms with Gasteiger partial charge in [0.05, 0.1) is 12.2 Å². The van der Waals surface area contributed by atoms with Crippen LogP contribution in [0.25, 0.3) is 0 Å². The van der Waals surface area contributed by atoms with Gasteiger partial charge in [0, 0.05) is 12.0 Å². The molecule has 0 amide bonds. The number of halogens is 2. The Morgan fingerprint density at radius 2 is 1.77 bits per heavy atom. The number of esters is 1. The molecule has 0 saturated carbocycles. The van der Waals surface area contributed by atoms with Gasteiger partial charge < -0.3 is 9.84 Å². The smallest absolute Gasteiger partial charge is 0.338 e. The van der Waals surface area contributed by atoms with Gasteiger partial charge in [-0.1, -0.05) is 24.3 Å². The van der Waals surface area contributed by atoms with Gasteiger partial charge >= 0.3 is 5.97 Å². The van der Waals surface area contributed by atoms with Gasteiger partial charge in [-0.2, -0.15) is 0 Å². The van der Waals surface area contributed by atoms with Crippen LogP contribution < -0.4 is 0 Å².